The van der Waals surface area contributed by atoms with Gasteiger partial charge < -0.3 is 9.47 Å². The first-order valence-electron chi connectivity index (χ1n) is 11.0. The number of anilines is 1. The lowest BCUT2D eigenvalue weighted by Gasteiger charge is -2.27. The number of thiazole rings is 1. The number of halogens is 1. The van der Waals surface area contributed by atoms with Crippen molar-refractivity contribution in [3.05, 3.63) is 64.2 Å². The molecule has 1 amide bonds. The first-order chi connectivity index (χ1) is 16.5. The van der Waals surface area contributed by atoms with Crippen molar-refractivity contribution in [2.24, 2.45) is 0 Å². The Morgan fingerprint density at radius 2 is 2.00 bits per heavy atom. The molecule has 0 saturated carbocycles. The van der Waals surface area contributed by atoms with E-state index in [2.05, 4.69) is 4.90 Å². The van der Waals surface area contributed by atoms with Gasteiger partial charge in [0.1, 0.15) is 5.75 Å². The Balaban J connectivity index is 0.00000342. The lowest BCUT2D eigenvalue weighted by Crippen LogP contribution is -2.39. The average Bonchev–Trinajstić information content (AvgIpc) is 3.29. The Bertz CT molecular complexity index is 1180. The smallest absolute Gasteiger partial charge is 0.269 e. The predicted octanol–water partition coefficient (Wildman–Crippen LogP) is 4.40. The Morgan fingerprint density at radius 3 is 2.69 bits per heavy atom. The van der Waals surface area contributed by atoms with E-state index in [4.69, 9.17) is 14.5 Å². The highest BCUT2D eigenvalue weighted by Gasteiger charge is 2.19. The zero-order valence-electron chi connectivity index (χ0n) is 19.3. The summed E-state index contributed by atoms with van der Waals surface area (Å²) in [5.41, 5.74) is 1.50. The van der Waals surface area contributed by atoms with Crippen LogP contribution in [0.4, 0.5) is 10.8 Å². The van der Waals surface area contributed by atoms with Crippen LogP contribution in [0, 0.1) is 10.1 Å². The van der Waals surface area contributed by atoms with E-state index in [0.29, 0.717) is 23.0 Å². The number of ether oxygens (including phenoxy) is 2. The monoisotopic (exact) mass is 518 g/mol. The molecular weight excluding hydrogens is 492 g/mol. The van der Waals surface area contributed by atoms with E-state index in [1.807, 2.05) is 18.2 Å². The summed E-state index contributed by atoms with van der Waals surface area (Å²) in [4.78, 5) is 32.3. The summed E-state index contributed by atoms with van der Waals surface area (Å²) in [6.07, 6.45) is 3.95. The summed E-state index contributed by atoms with van der Waals surface area (Å²) in [6.45, 7) is 4.67. The van der Waals surface area contributed by atoms with Gasteiger partial charge in [-0.1, -0.05) is 11.3 Å². The van der Waals surface area contributed by atoms with E-state index in [9.17, 15) is 14.9 Å². The molecule has 2 heterocycles. The molecule has 1 aliphatic heterocycles. The molecule has 1 fully saturated rings. The summed E-state index contributed by atoms with van der Waals surface area (Å²) < 4.78 is 11.7. The number of carbonyl (C=O) groups is 1. The molecule has 0 radical (unpaired) electrons. The third-order valence-corrected chi connectivity index (χ3v) is 6.62. The van der Waals surface area contributed by atoms with Gasteiger partial charge in [-0.25, -0.2) is 4.98 Å². The van der Waals surface area contributed by atoms with E-state index >= 15 is 0 Å². The highest BCUT2D eigenvalue weighted by atomic mass is 35.5. The fraction of sp³-hybridized carbons (Fsp3) is 0.333. The third kappa shape index (κ3) is 6.98. The number of nitro benzene ring substituents is 1. The zero-order chi connectivity index (χ0) is 23.9. The molecular formula is C24H27ClN4O5S. The van der Waals surface area contributed by atoms with Gasteiger partial charge >= 0.3 is 0 Å². The van der Waals surface area contributed by atoms with E-state index in [-0.39, 0.29) is 24.0 Å². The van der Waals surface area contributed by atoms with Crippen LogP contribution in [-0.2, 0) is 9.53 Å². The Hall–Kier alpha value is -3.05. The summed E-state index contributed by atoms with van der Waals surface area (Å²) >= 11 is 1.46. The largest absolute Gasteiger partial charge is 0.497 e. The molecule has 0 aliphatic carbocycles. The molecule has 0 atom stereocenters. The van der Waals surface area contributed by atoms with Crippen LogP contribution in [0.1, 0.15) is 12.0 Å². The number of rotatable bonds is 9. The van der Waals surface area contributed by atoms with Crippen molar-refractivity contribution in [2.75, 3.05) is 51.4 Å². The number of hydrogen-bond donors (Lipinski definition) is 0. The van der Waals surface area contributed by atoms with Crippen molar-refractivity contribution in [1.82, 2.24) is 9.88 Å². The van der Waals surface area contributed by atoms with Gasteiger partial charge in [-0.3, -0.25) is 24.7 Å². The number of nitro groups is 1. The number of morpholine rings is 1. The highest BCUT2D eigenvalue weighted by Crippen LogP contribution is 2.31. The quantitative estimate of drug-likeness (QED) is 0.235. The number of non-ortho nitro benzene ring substituents is 1. The molecule has 186 valence electrons. The lowest BCUT2D eigenvalue weighted by molar-refractivity contribution is -0.384. The van der Waals surface area contributed by atoms with Gasteiger partial charge in [0.25, 0.3) is 11.6 Å². The van der Waals surface area contributed by atoms with Crippen molar-refractivity contribution >= 4 is 56.8 Å². The van der Waals surface area contributed by atoms with Crippen molar-refractivity contribution in [3.63, 3.8) is 0 Å². The molecule has 0 spiro atoms. The minimum atomic E-state index is -0.447. The molecule has 35 heavy (non-hydrogen) atoms. The van der Waals surface area contributed by atoms with Gasteiger partial charge in [-0.2, -0.15) is 0 Å². The minimum absolute atomic E-state index is 0. The molecule has 2 aromatic carbocycles. The molecule has 0 unspecified atom stereocenters. The van der Waals surface area contributed by atoms with Crippen LogP contribution < -0.4 is 9.64 Å². The number of carbonyl (C=O) groups excluding carboxylic acids is 1. The number of nitrogens with zero attached hydrogens (tertiary/aromatic N) is 4. The van der Waals surface area contributed by atoms with E-state index in [1.165, 1.54) is 29.5 Å². The molecule has 1 aliphatic rings. The molecule has 4 rings (SSSR count). The third-order valence-electron chi connectivity index (χ3n) is 5.56. The van der Waals surface area contributed by atoms with E-state index < -0.39 is 4.92 Å². The summed E-state index contributed by atoms with van der Waals surface area (Å²) in [5, 5.41) is 11.5. The summed E-state index contributed by atoms with van der Waals surface area (Å²) in [7, 11) is 1.61. The zero-order valence-corrected chi connectivity index (χ0v) is 20.9. The minimum Gasteiger partial charge on any atom is -0.497 e. The number of methoxy groups -OCH3 is 1. The number of aromatic nitrogens is 1. The summed E-state index contributed by atoms with van der Waals surface area (Å²) in [6, 6.07) is 11.8. The summed E-state index contributed by atoms with van der Waals surface area (Å²) in [5.74, 6) is 0.527. The van der Waals surface area contributed by atoms with Gasteiger partial charge in [0, 0.05) is 50.5 Å². The van der Waals surface area contributed by atoms with Crippen LogP contribution in [0.15, 0.2) is 48.5 Å². The second-order valence-electron chi connectivity index (χ2n) is 7.81. The van der Waals surface area contributed by atoms with E-state index in [0.717, 1.165) is 49.5 Å². The number of amides is 1. The van der Waals surface area contributed by atoms with Crippen LogP contribution in [0.5, 0.6) is 5.75 Å². The maximum Gasteiger partial charge on any atom is 0.269 e. The standard InChI is InChI=1S/C24H26N4O5S.ClH/c1-32-20-8-9-22-21(17-20)25-24(34-22)27(12-2-11-26-13-15-33-16-14-26)23(29)10-5-18-3-6-19(7-4-18)28(30)31;/h3-10,17H,2,11-16H2,1H3;1H/b10-5+;. The van der Waals surface area contributed by atoms with Gasteiger partial charge in [0.15, 0.2) is 5.13 Å². The maximum atomic E-state index is 13.2. The molecule has 0 bridgehead atoms. The van der Waals surface area contributed by atoms with Crippen molar-refractivity contribution in [2.45, 2.75) is 6.42 Å². The topological polar surface area (TPSA) is 98.0 Å². The number of hydrogen-bond acceptors (Lipinski definition) is 8. The molecule has 1 aromatic heterocycles. The van der Waals surface area contributed by atoms with Gasteiger partial charge in [-0.05, 0) is 42.3 Å². The Labute approximate surface area is 213 Å². The second-order valence-corrected chi connectivity index (χ2v) is 8.82. The first kappa shape index (κ1) is 26.6. The molecule has 0 N–H and O–H groups in total. The normalized spacial score (nSPS) is 14.1. The van der Waals surface area contributed by atoms with Crippen LogP contribution in [0.25, 0.3) is 16.3 Å². The molecule has 11 heteroatoms. The lowest BCUT2D eigenvalue weighted by atomic mass is 10.2. The van der Waals surface area contributed by atoms with Crippen LogP contribution in [-0.4, -0.2) is 67.2 Å². The Morgan fingerprint density at radius 1 is 1.26 bits per heavy atom. The SMILES string of the molecule is COc1ccc2sc(N(CCCN3CCOCC3)C(=O)/C=C/c3ccc([N+](=O)[O-])cc3)nc2c1.Cl. The van der Waals surface area contributed by atoms with Crippen molar-refractivity contribution in [1.29, 1.82) is 0 Å². The van der Waals surface area contributed by atoms with Gasteiger partial charge in [-0.15, -0.1) is 12.4 Å². The molecule has 1 saturated heterocycles. The van der Waals surface area contributed by atoms with Crippen LogP contribution in [0.2, 0.25) is 0 Å². The second kappa shape index (κ2) is 12.6. The fourth-order valence-corrected chi connectivity index (χ4v) is 4.66. The van der Waals surface area contributed by atoms with Crippen LogP contribution >= 0.6 is 23.7 Å². The maximum absolute atomic E-state index is 13.2. The van der Waals surface area contributed by atoms with Crippen molar-refractivity contribution < 1.29 is 19.2 Å². The molecule has 3 aromatic rings. The van der Waals surface area contributed by atoms with Gasteiger partial charge in [0.05, 0.1) is 35.5 Å². The highest BCUT2D eigenvalue weighted by molar-refractivity contribution is 7.22. The number of benzene rings is 2. The fourth-order valence-electron chi connectivity index (χ4n) is 3.68. The predicted molar refractivity (Wildman–Crippen MR) is 140 cm³/mol. The van der Waals surface area contributed by atoms with Crippen LogP contribution in [0.3, 0.4) is 0 Å². The van der Waals surface area contributed by atoms with Gasteiger partial charge in [0.2, 0.25) is 0 Å². The van der Waals surface area contributed by atoms with E-state index in [1.54, 1.807) is 30.2 Å². The number of fused-ring (bicyclic) bond motifs is 1. The molecule has 9 nitrogen and oxygen atoms in total. The average molecular weight is 519 g/mol. The first-order valence-corrected chi connectivity index (χ1v) is 11.8. The Kier molecular flexibility index (Phi) is 9.55. The van der Waals surface area contributed by atoms with Crippen molar-refractivity contribution in [3.8, 4) is 5.75 Å².